The number of aryl methyl sites for hydroxylation is 4. The van der Waals surface area contributed by atoms with E-state index >= 15 is 0 Å². The van der Waals surface area contributed by atoms with Crippen molar-refractivity contribution in [3.63, 3.8) is 0 Å². The monoisotopic (exact) mass is 937 g/mol. The number of hydrogen-bond acceptors (Lipinski definition) is 14. The second-order valence-electron chi connectivity index (χ2n) is 14.7. The summed E-state index contributed by atoms with van der Waals surface area (Å²) >= 11 is 0. The van der Waals surface area contributed by atoms with E-state index < -0.39 is 56.0 Å². The van der Waals surface area contributed by atoms with Crippen LogP contribution in [0.4, 0.5) is 34.1 Å². The zero-order chi connectivity index (χ0) is 45.6. The molecule has 21 heteroatoms. The van der Waals surface area contributed by atoms with E-state index in [2.05, 4.69) is 20.1 Å². The molecule has 0 radical (unpaired) electrons. The molecule has 0 unspecified atom stereocenters. The SMILES string of the molecule is COc1cc(Nc2c(C)cc(C)c(NS(C)(=O)=O)c2C)ccc1C(c1ccc(Nc2c(C)cc(C)c(NS(C)(=O)=O)c2C)cc1OC)c1ccc(S(=O)(=O)[O-])cc1S(=O)(=O)[O-].[Na+]. The van der Waals surface area contributed by atoms with Crippen LogP contribution in [0.15, 0.2) is 76.5 Å². The molecule has 0 saturated heterocycles. The maximum atomic E-state index is 12.9. The van der Waals surface area contributed by atoms with Crippen molar-refractivity contribution in [1.82, 2.24) is 0 Å². The number of anilines is 6. The van der Waals surface area contributed by atoms with Crippen molar-refractivity contribution >= 4 is 74.4 Å². The Morgan fingerprint density at radius 1 is 0.500 bits per heavy atom. The fraction of sp³-hybridized carbons (Fsp3) is 0.268. The number of rotatable bonds is 15. The summed E-state index contributed by atoms with van der Waals surface area (Å²) in [6, 6.07) is 15.9. The molecule has 0 fully saturated rings. The van der Waals surface area contributed by atoms with Crippen LogP contribution < -0.4 is 59.1 Å². The fourth-order valence-corrected chi connectivity index (χ4v) is 10.1. The van der Waals surface area contributed by atoms with Crippen LogP contribution in [0.3, 0.4) is 0 Å². The Kier molecular flexibility index (Phi) is 15.2. The number of benzene rings is 5. The van der Waals surface area contributed by atoms with Crippen molar-refractivity contribution in [1.29, 1.82) is 0 Å². The Hall–Kier alpha value is -4.38. The molecule has 0 aromatic heterocycles. The summed E-state index contributed by atoms with van der Waals surface area (Å²) in [7, 11) is -15.1. The van der Waals surface area contributed by atoms with E-state index in [1.807, 2.05) is 26.0 Å². The van der Waals surface area contributed by atoms with Gasteiger partial charge in [0.05, 0.1) is 47.9 Å². The van der Waals surface area contributed by atoms with Crippen LogP contribution in [0.25, 0.3) is 0 Å². The molecule has 0 spiro atoms. The van der Waals surface area contributed by atoms with Gasteiger partial charge in [0.15, 0.2) is 0 Å². The summed E-state index contributed by atoms with van der Waals surface area (Å²) in [5.41, 5.74) is 7.58. The van der Waals surface area contributed by atoms with E-state index in [1.165, 1.54) is 14.2 Å². The number of hydrogen-bond donors (Lipinski definition) is 4. The summed E-state index contributed by atoms with van der Waals surface area (Å²) in [6.45, 7) is 10.8. The van der Waals surface area contributed by atoms with E-state index in [0.717, 1.165) is 35.8 Å². The fourth-order valence-electron chi connectivity index (χ4n) is 7.41. The van der Waals surface area contributed by atoms with Crippen LogP contribution >= 0.6 is 0 Å². The topological polar surface area (TPSA) is 249 Å². The molecule has 0 aliphatic carbocycles. The van der Waals surface area contributed by atoms with Crippen molar-refractivity contribution in [2.24, 2.45) is 0 Å². The Bertz CT molecular complexity index is 2890. The first-order valence-corrected chi connectivity index (χ1v) is 24.9. The van der Waals surface area contributed by atoms with Gasteiger partial charge in [-0.1, -0.05) is 30.3 Å². The smallest absolute Gasteiger partial charge is 0.744 e. The average molecular weight is 938 g/mol. The number of nitrogens with one attached hydrogen (secondary N) is 4. The molecular formula is C41H46N4NaO12S4-. The minimum absolute atomic E-state index is 0. The Labute approximate surface area is 385 Å². The molecule has 5 aromatic carbocycles. The summed E-state index contributed by atoms with van der Waals surface area (Å²) in [6.07, 6.45) is 2.11. The third-order valence-electron chi connectivity index (χ3n) is 10.00. The number of methoxy groups -OCH3 is 2. The van der Waals surface area contributed by atoms with Crippen LogP contribution in [0, 0.1) is 41.5 Å². The van der Waals surface area contributed by atoms with Crippen LogP contribution in [-0.4, -0.2) is 69.5 Å². The van der Waals surface area contributed by atoms with Crippen molar-refractivity contribution in [2.75, 3.05) is 46.8 Å². The standard InChI is InChI=1S/C41H48N4O12S4.Na/c1-22-17-24(3)40(44-58(9,46)47)26(5)38(22)42-28-11-14-31(34(19-28)56-7)37(33-16-13-30(60(50,51)52)21-36(33)61(53,54)55)32-15-12-29(20-35(32)57-8)43-39-23(2)18-25(4)41(27(39)6)45-59(10,48)49;/h11-21,37,42-45H,1-10H3,(H,50,51,52)(H,53,54,55);/q;+1/p-2. The molecule has 0 heterocycles. The van der Waals surface area contributed by atoms with Gasteiger partial charge in [-0.15, -0.1) is 0 Å². The molecule has 328 valence electrons. The zero-order valence-corrected chi connectivity index (χ0v) is 41.2. The maximum absolute atomic E-state index is 12.9. The van der Waals surface area contributed by atoms with Gasteiger partial charge >= 0.3 is 29.6 Å². The zero-order valence-electron chi connectivity index (χ0n) is 36.0. The van der Waals surface area contributed by atoms with Gasteiger partial charge in [0, 0.05) is 51.9 Å². The molecular weight excluding hydrogens is 892 g/mol. The molecule has 4 N–H and O–H groups in total. The summed E-state index contributed by atoms with van der Waals surface area (Å²) < 4.78 is 140. The van der Waals surface area contributed by atoms with Crippen LogP contribution in [0.5, 0.6) is 11.5 Å². The summed E-state index contributed by atoms with van der Waals surface area (Å²) in [5.74, 6) is -0.845. The van der Waals surface area contributed by atoms with Gasteiger partial charge in [-0.05, 0) is 105 Å². The third-order valence-corrected chi connectivity index (χ3v) is 12.9. The predicted molar refractivity (Wildman–Crippen MR) is 234 cm³/mol. The summed E-state index contributed by atoms with van der Waals surface area (Å²) in [5, 5.41) is 6.65. The first-order chi connectivity index (χ1) is 28.1. The van der Waals surface area contributed by atoms with Crippen molar-refractivity contribution in [3.8, 4) is 11.5 Å². The first kappa shape index (κ1) is 50.3. The molecule has 16 nitrogen and oxygen atoms in total. The number of sulfonamides is 2. The predicted octanol–water partition coefficient (Wildman–Crippen LogP) is 3.78. The van der Waals surface area contributed by atoms with Crippen LogP contribution in [0.2, 0.25) is 0 Å². The van der Waals surface area contributed by atoms with E-state index in [4.69, 9.17) is 9.47 Å². The largest absolute Gasteiger partial charge is 1.00 e. The normalized spacial score (nSPS) is 12.1. The molecule has 0 amide bonds. The van der Waals surface area contributed by atoms with Gasteiger partial charge in [0.2, 0.25) is 20.0 Å². The van der Waals surface area contributed by atoms with Gasteiger partial charge in [0.25, 0.3) is 0 Å². The van der Waals surface area contributed by atoms with Crippen molar-refractivity contribution in [2.45, 2.75) is 57.3 Å². The van der Waals surface area contributed by atoms with E-state index in [-0.39, 0.29) is 46.6 Å². The number of ether oxygens (including phenoxy) is 2. The Morgan fingerprint density at radius 2 is 0.871 bits per heavy atom. The van der Waals surface area contributed by atoms with Gasteiger partial charge in [-0.2, -0.15) is 0 Å². The van der Waals surface area contributed by atoms with Crippen molar-refractivity contribution in [3.05, 3.63) is 117 Å². The molecule has 0 aliphatic rings. The molecule has 5 aromatic rings. The van der Waals surface area contributed by atoms with Crippen LogP contribution in [-0.2, 0) is 40.3 Å². The Morgan fingerprint density at radius 3 is 1.21 bits per heavy atom. The summed E-state index contributed by atoms with van der Waals surface area (Å²) in [4.78, 5) is -1.89. The van der Waals surface area contributed by atoms with Gasteiger partial charge < -0.3 is 29.2 Å². The maximum Gasteiger partial charge on any atom is 1.00 e. The molecule has 0 aliphatic heterocycles. The molecule has 62 heavy (non-hydrogen) atoms. The Balaban J connectivity index is 0.00000845. The van der Waals surface area contributed by atoms with Crippen molar-refractivity contribution < 1.29 is 81.8 Å². The minimum atomic E-state index is -5.43. The van der Waals surface area contributed by atoms with E-state index in [1.54, 1.807) is 64.1 Å². The van der Waals surface area contributed by atoms with Gasteiger partial charge in [-0.25, -0.2) is 33.7 Å². The van der Waals surface area contributed by atoms with Crippen LogP contribution in [0.1, 0.15) is 56.0 Å². The minimum Gasteiger partial charge on any atom is -0.744 e. The third kappa shape index (κ3) is 11.4. The quantitative estimate of drug-likeness (QED) is 0.0663. The molecule has 5 rings (SSSR count). The van der Waals surface area contributed by atoms with Gasteiger partial charge in [-0.3, -0.25) is 9.44 Å². The average Bonchev–Trinajstić information content (AvgIpc) is 3.14. The molecule has 0 saturated carbocycles. The molecule has 0 bridgehead atoms. The first-order valence-electron chi connectivity index (χ1n) is 18.3. The second kappa shape index (κ2) is 18.8. The van der Waals surface area contributed by atoms with E-state index in [9.17, 15) is 42.8 Å². The molecule has 0 atom stereocenters. The van der Waals surface area contributed by atoms with Gasteiger partial charge in [0.1, 0.15) is 31.7 Å². The van der Waals surface area contributed by atoms with E-state index in [0.29, 0.717) is 73.6 Å². The second-order valence-corrected chi connectivity index (χ2v) is 20.9.